The van der Waals surface area contributed by atoms with Gasteiger partial charge in [-0.05, 0) is 24.3 Å². The molecule has 0 saturated heterocycles. The summed E-state index contributed by atoms with van der Waals surface area (Å²) >= 11 is 0. The first-order valence-corrected chi connectivity index (χ1v) is 4.52. The molecule has 7 heteroatoms. The second kappa shape index (κ2) is 4.05. The second-order valence-corrected chi connectivity index (χ2v) is 3.11. The van der Waals surface area contributed by atoms with Gasteiger partial charge in [0.25, 0.3) is 0 Å². The Morgan fingerprint density at radius 1 is 1.41 bits per heavy atom. The van der Waals surface area contributed by atoms with Crippen molar-refractivity contribution in [3.05, 3.63) is 40.6 Å². The molecule has 0 spiro atoms. The quantitative estimate of drug-likeness (QED) is 0.369. The number of nitro benzene ring substituents is 1. The van der Waals surface area contributed by atoms with E-state index in [-0.39, 0.29) is 11.1 Å². The molecule has 0 amide bonds. The molecule has 0 fully saturated rings. The summed E-state index contributed by atoms with van der Waals surface area (Å²) in [4.78, 5) is 24.6. The van der Waals surface area contributed by atoms with Crippen LogP contribution < -0.4 is 4.74 Å². The van der Waals surface area contributed by atoms with Crippen LogP contribution in [0.4, 0.5) is 10.5 Å². The van der Waals surface area contributed by atoms with Gasteiger partial charge in [-0.25, -0.2) is 4.79 Å². The molecule has 17 heavy (non-hydrogen) atoms. The number of ether oxygens (including phenoxy) is 1. The van der Waals surface area contributed by atoms with E-state index < -0.39 is 16.8 Å². The van der Waals surface area contributed by atoms with Crippen LogP contribution in [0.3, 0.4) is 0 Å². The third-order valence-corrected chi connectivity index (χ3v) is 2.10. The van der Waals surface area contributed by atoms with Gasteiger partial charge in [-0.2, -0.15) is 0 Å². The van der Waals surface area contributed by atoms with Crippen molar-refractivity contribution in [1.29, 1.82) is 0 Å². The molecule has 2 rings (SSSR count). The van der Waals surface area contributed by atoms with Gasteiger partial charge in [0.15, 0.2) is 0 Å². The fourth-order valence-corrected chi connectivity index (χ4v) is 1.48. The number of carboxylic acid groups (broad SMARTS) is 1. The average molecular weight is 234 g/mol. The van der Waals surface area contributed by atoms with Crippen LogP contribution in [0.15, 0.2) is 30.5 Å². The third-order valence-electron chi connectivity index (χ3n) is 2.10. The van der Waals surface area contributed by atoms with Crippen LogP contribution in [0.1, 0.15) is 0 Å². The van der Waals surface area contributed by atoms with E-state index in [4.69, 9.17) is 5.11 Å². The summed E-state index contributed by atoms with van der Waals surface area (Å²) in [5.74, 6) is -0.317. The topological polar surface area (TPSA) is 103 Å². The molecule has 0 aliphatic rings. The van der Waals surface area contributed by atoms with Crippen LogP contribution in [-0.4, -0.2) is 21.2 Å². The van der Waals surface area contributed by atoms with Gasteiger partial charge in [-0.3, -0.25) is 15.1 Å². The molecule has 7 nitrogen and oxygen atoms in total. The minimum atomic E-state index is -1.60. The predicted octanol–water partition coefficient (Wildman–Crippen LogP) is 2.20. The molecule has 0 bridgehead atoms. The molecule has 0 aliphatic carbocycles. The Kier molecular flexibility index (Phi) is 2.57. The maximum atomic E-state index is 10.9. The lowest BCUT2D eigenvalue weighted by atomic mass is 10.1. The number of aromatic nitrogens is 1. The van der Waals surface area contributed by atoms with Crippen LogP contribution in [-0.2, 0) is 0 Å². The molecule has 0 atom stereocenters. The monoisotopic (exact) mass is 234 g/mol. The van der Waals surface area contributed by atoms with Gasteiger partial charge in [0.05, 0.1) is 15.8 Å². The van der Waals surface area contributed by atoms with Gasteiger partial charge < -0.3 is 9.84 Å². The maximum absolute atomic E-state index is 10.9. The van der Waals surface area contributed by atoms with E-state index in [0.29, 0.717) is 5.52 Å². The number of nitro groups is 1. The second-order valence-electron chi connectivity index (χ2n) is 3.11. The van der Waals surface area contributed by atoms with Crippen molar-refractivity contribution in [1.82, 2.24) is 4.98 Å². The van der Waals surface area contributed by atoms with Gasteiger partial charge in [0.1, 0.15) is 0 Å². The van der Waals surface area contributed by atoms with Crippen LogP contribution in [0.25, 0.3) is 10.9 Å². The van der Waals surface area contributed by atoms with E-state index in [1.54, 1.807) is 0 Å². The fraction of sp³-hybridized carbons (Fsp3) is 0. The van der Waals surface area contributed by atoms with Gasteiger partial charge in [0, 0.05) is 6.20 Å². The molecular formula is C10H6N2O5. The Morgan fingerprint density at radius 3 is 2.82 bits per heavy atom. The fourth-order valence-electron chi connectivity index (χ4n) is 1.48. The lowest BCUT2D eigenvalue weighted by molar-refractivity contribution is -0.383. The van der Waals surface area contributed by atoms with E-state index in [2.05, 4.69) is 9.72 Å². The first kappa shape index (κ1) is 10.8. The highest BCUT2D eigenvalue weighted by atomic mass is 16.7. The molecule has 1 aromatic carbocycles. The third kappa shape index (κ3) is 1.98. The van der Waals surface area contributed by atoms with Crippen molar-refractivity contribution in [2.24, 2.45) is 0 Å². The summed E-state index contributed by atoms with van der Waals surface area (Å²) in [6.45, 7) is 0. The zero-order chi connectivity index (χ0) is 12.4. The number of carbonyl (C=O) groups is 1. The van der Waals surface area contributed by atoms with Crippen LogP contribution in [0.5, 0.6) is 5.75 Å². The van der Waals surface area contributed by atoms with Crippen LogP contribution in [0, 0.1) is 10.1 Å². The Hall–Kier alpha value is -2.70. The van der Waals surface area contributed by atoms with Crippen molar-refractivity contribution in [3.8, 4) is 5.75 Å². The van der Waals surface area contributed by atoms with E-state index in [1.807, 2.05) is 0 Å². The minimum absolute atomic E-state index is 0.233. The molecule has 2 aromatic rings. The van der Waals surface area contributed by atoms with Crippen molar-refractivity contribution in [3.63, 3.8) is 0 Å². The zero-order valence-electron chi connectivity index (χ0n) is 8.36. The number of fused-ring (bicyclic) bond motifs is 1. The highest BCUT2D eigenvalue weighted by Crippen LogP contribution is 2.34. The standard InChI is InChI=1S/C10H6N2O5/c13-10(14)17-8-4-3-7-6(2-1-5-11-7)9(8)12(15)16/h1-5H,(H,13,14). The average Bonchev–Trinajstić information content (AvgIpc) is 2.27. The summed E-state index contributed by atoms with van der Waals surface area (Å²) in [6, 6.07) is 5.68. The molecule has 86 valence electrons. The molecular weight excluding hydrogens is 228 g/mol. The van der Waals surface area contributed by atoms with Crippen molar-refractivity contribution >= 4 is 22.7 Å². The first-order valence-electron chi connectivity index (χ1n) is 4.52. The van der Waals surface area contributed by atoms with Gasteiger partial charge in [-0.15, -0.1) is 0 Å². The number of nitrogens with zero attached hydrogens (tertiary/aromatic N) is 2. The largest absolute Gasteiger partial charge is 0.511 e. The number of hydrogen-bond acceptors (Lipinski definition) is 5. The number of hydrogen-bond donors (Lipinski definition) is 1. The van der Waals surface area contributed by atoms with Crippen molar-refractivity contribution < 1.29 is 19.6 Å². The summed E-state index contributed by atoms with van der Waals surface area (Å²) in [5.41, 5.74) is -0.00469. The molecule has 1 aromatic heterocycles. The number of benzene rings is 1. The van der Waals surface area contributed by atoms with Gasteiger partial charge in [0.2, 0.25) is 5.75 Å². The minimum Gasteiger partial charge on any atom is -0.449 e. The molecule has 0 aliphatic heterocycles. The van der Waals surface area contributed by atoms with Crippen LogP contribution >= 0.6 is 0 Å². The summed E-state index contributed by atoms with van der Waals surface area (Å²) < 4.78 is 4.36. The van der Waals surface area contributed by atoms with E-state index >= 15 is 0 Å². The zero-order valence-corrected chi connectivity index (χ0v) is 8.36. The van der Waals surface area contributed by atoms with Crippen LogP contribution in [0.2, 0.25) is 0 Å². The Labute approximate surface area is 94.4 Å². The predicted molar refractivity (Wildman–Crippen MR) is 57.1 cm³/mol. The number of rotatable bonds is 2. The smallest absolute Gasteiger partial charge is 0.449 e. The normalized spacial score (nSPS) is 10.1. The maximum Gasteiger partial charge on any atom is 0.511 e. The summed E-state index contributed by atoms with van der Waals surface area (Å²) in [5, 5.41) is 19.6. The molecule has 0 saturated carbocycles. The van der Waals surface area contributed by atoms with Crippen molar-refractivity contribution in [2.75, 3.05) is 0 Å². The lowest BCUT2D eigenvalue weighted by Gasteiger charge is -2.03. The van der Waals surface area contributed by atoms with E-state index in [9.17, 15) is 14.9 Å². The molecule has 1 N–H and O–H groups in total. The number of pyridine rings is 1. The first-order chi connectivity index (χ1) is 8.09. The van der Waals surface area contributed by atoms with Crippen molar-refractivity contribution in [2.45, 2.75) is 0 Å². The molecule has 0 unspecified atom stereocenters. The summed E-state index contributed by atoms with van der Waals surface area (Å²) in [6.07, 6.45) is -0.111. The Morgan fingerprint density at radius 2 is 2.18 bits per heavy atom. The van der Waals surface area contributed by atoms with Gasteiger partial charge in [-0.1, -0.05) is 0 Å². The SMILES string of the molecule is O=C(O)Oc1ccc2ncccc2c1[N+](=O)[O-]. The molecule has 1 heterocycles. The Balaban J connectivity index is 2.72. The Bertz CT molecular complexity index is 611. The van der Waals surface area contributed by atoms with E-state index in [1.165, 1.54) is 30.5 Å². The molecule has 0 radical (unpaired) electrons. The van der Waals surface area contributed by atoms with E-state index in [0.717, 1.165) is 0 Å². The lowest BCUT2D eigenvalue weighted by Crippen LogP contribution is -2.05. The highest BCUT2D eigenvalue weighted by molar-refractivity contribution is 5.91. The summed E-state index contributed by atoms with van der Waals surface area (Å²) in [7, 11) is 0. The van der Waals surface area contributed by atoms with Gasteiger partial charge >= 0.3 is 11.8 Å². The highest BCUT2D eigenvalue weighted by Gasteiger charge is 2.21.